The van der Waals surface area contributed by atoms with Gasteiger partial charge in [-0.15, -0.1) is 0 Å². The minimum Gasteiger partial charge on any atom is -0.472 e. The SMILES string of the molecule is c1ccc(-c2nc(-c3ccccc3)nc(-c3ccc(-c4cccc5c4-c4ccccc4C54Oc5ccccc5-c5ccccc54)cc3)n2)cc1. The van der Waals surface area contributed by atoms with Crippen LogP contribution < -0.4 is 4.74 Å². The van der Waals surface area contributed by atoms with Gasteiger partial charge in [-0.2, -0.15) is 0 Å². The molecule has 1 spiro atoms. The summed E-state index contributed by atoms with van der Waals surface area (Å²) >= 11 is 0. The van der Waals surface area contributed by atoms with Gasteiger partial charge in [0.2, 0.25) is 0 Å². The third-order valence-electron chi connectivity index (χ3n) is 9.92. The number of hydrogen-bond donors (Lipinski definition) is 0. The number of ether oxygens (including phenoxy) is 1. The van der Waals surface area contributed by atoms with E-state index in [9.17, 15) is 0 Å². The summed E-state index contributed by atoms with van der Waals surface area (Å²) in [6.45, 7) is 0. The number of rotatable bonds is 4. The van der Waals surface area contributed by atoms with Crippen LogP contribution in [0.3, 0.4) is 0 Å². The smallest absolute Gasteiger partial charge is 0.186 e. The van der Waals surface area contributed by atoms with Crippen LogP contribution >= 0.6 is 0 Å². The van der Waals surface area contributed by atoms with Crippen molar-refractivity contribution in [3.8, 4) is 73.3 Å². The van der Waals surface area contributed by atoms with E-state index in [1.807, 2.05) is 60.7 Å². The molecule has 10 rings (SSSR count). The second kappa shape index (κ2) is 11.2. The zero-order chi connectivity index (χ0) is 33.1. The molecule has 1 aliphatic heterocycles. The standard InChI is InChI=1S/C46H29N3O/c1-3-14-31(15-4-1)43-47-44(32-16-5-2-6-17-32)49-45(48-43)33-28-26-30(27-29-33)34-21-13-24-40-42(34)37-20-8-11-23-39(37)46(40)38-22-10-7-18-35(38)36-19-9-12-25-41(36)50-46/h1-29H. The number of benzene rings is 7. The molecule has 7 aromatic carbocycles. The summed E-state index contributed by atoms with van der Waals surface area (Å²) in [7, 11) is 0. The lowest BCUT2D eigenvalue weighted by Crippen LogP contribution is -2.36. The third kappa shape index (κ3) is 4.28. The number of aromatic nitrogens is 3. The van der Waals surface area contributed by atoms with Crippen LogP contribution in [0.15, 0.2) is 176 Å². The Labute approximate surface area is 290 Å². The Morgan fingerprint density at radius 3 is 1.40 bits per heavy atom. The van der Waals surface area contributed by atoms with E-state index in [2.05, 4.69) is 115 Å². The van der Waals surface area contributed by atoms with Crippen LogP contribution in [-0.2, 0) is 5.60 Å². The Hall–Kier alpha value is -6.65. The molecule has 234 valence electrons. The first kappa shape index (κ1) is 28.4. The highest BCUT2D eigenvalue weighted by atomic mass is 16.5. The number of para-hydroxylation sites is 1. The molecule has 0 radical (unpaired) electrons. The molecule has 0 saturated heterocycles. The van der Waals surface area contributed by atoms with Gasteiger partial charge < -0.3 is 4.74 Å². The maximum absolute atomic E-state index is 7.20. The Bertz CT molecular complexity index is 2510. The van der Waals surface area contributed by atoms with E-state index in [-0.39, 0.29) is 0 Å². The highest BCUT2D eigenvalue weighted by molar-refractivity contribution is 5.95. The second-order valence-corrected chi connectivity index (χ2v) is 12.7. The van der Waals surface area contributed by atoms with Crippen molar-refractivity contribution in [1.29, 1.82) is 0 Å². The van der Waals surface area contributed by atoms with Gasteiger partial charge in [-0.05, 0) is 33.9 Å². The fraction of sp³-hybridized carbons (Fsp3) is 0.0217. The van der Waals surface area contributed by atoms with Crippen LogP contribution in [0.1, 0.15) is 16.7 Å². The Balaban J connectivity index is 1.12. The van der Waals surface area contributed by atoms with Gasteiger partial charge in [0.25, 0.3) is 0 Å². The van der Waals surface area contributed by atoms with E-state index >= 15 is 0 Å². The van der Waals surface area contributed by atoms with Crippen molar-refractivity contribution in [3.05, 3.63) is 193 Å². The van der Waals surface area contributed by atoms with Crippen molar-refractivity contribution in [2.24, 2.45) is 0 Å². The lowest BCUT2D eigenvalue weighted by atomic mass is 9.77. The highest BCUT2D eigenvalue weighted by Gasteiger charge is 2.51. The van der Waals surface area contributed by atoms with Crippen LogP contribution in [-0.4, -0.2) is 15.0 Å². The molecule has 1 unspecified atom stereocenters. The van der Waals surface area contributed by atoms with Crippen molar-refractivity contribution in [2.45, 2.75) is 5.60 Å². The maximum atomic E-state index is 7.20. The predicted molar refractivity (Wildman–Crippen MR) is 199 cm³/mol. The van der Waals surface area contributed by atoms with E-state index in [0.29, 0.717) is 17.5 Å². The summed E-state index contributed by atoms with van der Waals surface area (Å²) in [5.74, 6) is 2.83. The molecule has 0 saturated carbocycles. The number of hydrogen-bond acceptors (Lipinski definition) is 4. The third-order valence-corrected chi connectivity index (χ3v) is 9.92. The van der Waals surface area contributed by atoms with Crippen molar-refractivity contribution in [2.75, 3.05) is 0 Å². The summed E-state index contributed by atoms with van der Waals surface area (Å²) in [6.07, 6.45) is 0. The van der Waals surface area contributed by atoms with Gasteiger partial charge >= 0.3 is 0 Å². The zero-order valence-corrected chi connectivity index (χ0v) is 27.0. The van der Waals surface area contributed by atoms with Crippen LogP contribution in [0, 0.1) is 0 Å². The molecule has 4 heteroatoms. The highest BCUT2D eigenvalue weighted by Crippen LogP contribution is 2.60. The first-order valence-corrected chi connectivity index (χ1v) is 16.9. The minimum atomic E-state index is -0.765. The predicted octanol–water partition coefficient (Wildman–Crippen LogP) is 10.9. The topological polar surface area (TPSA) is 47.9 Å². The van der Waals surface area contributed by atoms with Crippen LogP contribution in [0.25, 0.3) is 67.5 Å². The monoisotopic (exact) mass is 639 g/mol. The van der Waals surface area contributed by atoms with Gasteiger partial charge in [-0.1, -0.05) is 170 Å². The minimum absolute atomic E-state index is 0.637. The summed E-state index contributed by atoms with van der Waals surface area (Å²) in [5.41, 5.74) is 12.5. The summed E-state index contributed by atoms with van der Waals surface area (Å²) in [4.78, 5) is 14.8. The first-order chi connectivity index (χ1) is 24.8. The van der Waals surface area contributed by atoms with Gasteiger partial charge in [0.15, 0.2) is 23.1 Å². The summed E-state index contributed by atoms with van der Waals surface area (Å²) < 4.78 is 7.20. The second-order valence-electron chi connectivity index (χ2n) is 12.7. The molecule has 1 atom stereocenters. The average molecular weight is 640 g/mol. The van der Waals surface area contributed by atoms with Crippen LogP contribution in [0.4, 0.5) is 0 Å². The van der Waals surface area contributed by atoms with E-state index in [1.54, 1.807) is 0 Å². The molecule has 0 bridgehead atoms. The van der Waals surface area contributed by atoms with Gasteiger partial charge in [-0.3, -0.25) is 0 Å². The molecular weight excluding hydrogens is 611 g/mol. The quantitative estimate of drug-likeness (QED) is 0.192. The van der Waals surface area contributed by atoms with Crippen LogP contribution in [0.2, 0.25) is 0 Å². The van der Waals surface area contributed by atoms with E-state index in [1.165, 1.54) is 16.7 Å². The largest absolute Gasteiger partial charge is 0.472 e. The fourth-order valence-electron chi connectivity index (χ4n) is 7.69. The van der Waals surface area contributed by atoms with Crippen molar-refractivity contribution < 1.29 is 4.74 Å². The molecule has 0 N–H and O–H groups in total. The van der Waals surface area contributed by atoms with E-state index in [4.69, 9.17) is 19.7 Å². The summed E-state index contributed by atoms with van der Waals surface area (Å²) in [5, 5.41) is 0. The molecule has 1 aliphatic carbocycles. The van der Waals surface area contributed by atoms with Crippen molar-refractivity contribution in [1.82, 2.24) is 15.0 Å². The molecule has 2 heterocycles. The summed E-state index contributed by atoms with van der Waals surface area (Å²) in [6, 6.07) is 61.1. The zero-order valence-electron chi connectivity index (χ0n) is 27.0. The molecule has 8 aromatic rings. The first-order valence-electron chi connectivity index (χ1n) is 16.9. The lowest BCUT2D eigenvalue weighted by Gasteiger charge is -2.39. The maximum Gasteiger partial charge on any atom is 0.186 e. The molecule has 0 amide bonds. The van der Waals surface area contributed by atoms with Gasteiger partial charge in [0, 0.05) is 38.9 Å². The molecule has 50 heavy (non-hydrogen) atoms. The fourth-order valence-corrected chi connectivity index (χ4v) is 7.69. The Morgan fingerprint density at radius 1 is 0.320 bits per heavy atom. The lowest BCUT2D eigenvalue weighted by molar-refractivity contribution is 0.157. The van der Waals surface area contributed by atoms with E-state index in [0.717, 1.165) is 55.8 Å². The van der Waals surface area contributed by atoms with Crippen LogP contribution in [0.5, 0.6) is 5.75 Å². The Kier molecular flexibility index (Phi) is 6.36. The van der Waals surface area contributed by atoms with E-state index < -0.39 is 5.60 Å². The van der Waals surface area contributed by atoms with Gasteiger partial charge in [0.1, 0.15) is 5.75 Å². The molecular formula is C46H29N3O. The number of nitrogens with zero attached hydrogens (tertiary/aromatic N) is 3. The molecule has 0 fully saturated rings. The van der Waals surface area contributed by atoms with Crippen molar-refractivity contribution in [3.63, 3.8) is 0 Å². The molecule has 2 aliphatic rings. The van der Waals surface area contributed by atoms with Gasteiger partial charge in [-0.25, -0.2) is 15.0 Å². The normalized spacial score (nSPS) is 15.0. The molecule has 4 nitrogen and oxygen atoms in total. The Morgan fingerprint density at radius 2 is 0.760 bits per heavy atom. The molecule has 1 aromatic heterocycles. The van der Waals surface area contributed by atoms with Gasteiger partial charge in [0.05, 0.1) is 0 Å². The van der Waals surface area contributed by atoms with Crippen molar-refractivity contribution >= 4 is 0 Å². The number of fused-ring (bicyclic) bond motifs is 9. The average Bonchev–Trinajstić information content (AvgIpc) is 3.48.